The van der Waals surface area contributed by atoms with E-state index in [9.17, 15) is 0 Å². The first-order valence-electron chi connectivity index (χ1n) is 6.36. The third kappa shape index (κ3) is 3.49. The Hall–Kier alpha value is -2.59. The highest BCUT2D eigenvalue weighted by Gasteiger charge is 2.03. The topological polar surface area (TPSA) is 50.4 Å². The van der Waals surface area contributed by atoms with Crippen LogP contribution in [0.1, 0.15) is 5.76 Å². The monoisotopic (exact) mass is 297 g/mol. The summed E-state index contributed by atoms with van der Waals surface area (Å²) in [5.41, 5.74) is 4.70. The van der Waals surface area contributed by atoms with Gasteiger partial charge in [0.25, 0.3) is 0 Å². The summed E-state index contributed by atoms with van der Waals surface area (Å²) >= 11 is 5.97. The van der Waals surface area contributed by atoms with Crippen molar-refractivity contribution >= 4 is 23.5 Å². The summed E-state index contributed by atoms with van der Waals surface area (Å²) in [5, 5.41) is 4.79. The molecule has 0 aliphatic heterocycles. The van der Waals surface area contributed by atoms with Crippen LogP contribution in [0.25, 0.3) is 11.3 Å². The fourth-order valence-corrected chi connectivity index (χ4v) is 2.01. The highest BCUT2D eigenvalue weighted by atomic mass is 35.5. The van der Waals surface area contributed by atoms with Crippen LogP contribution >= 0.6 is 11.6 Å². The Kier molecular flexibility index (Phi) is 3.98. The molecule has 0 fully saturated rings. The fourth-order valence-electron chi connectivity index (χ4n) is 1.82. The van der Waals surface area contributed by atoms with Gasteiger partial charge in [-0.05, 0) is 36.4 Å². The number of hydrogen-bond donors (Lipinski definition) is 1. The molecule has 1 N–H and O–H groups in total. The van der Waals surface area contributed by atoms with Crippen LogP contribution in [0.5, 0.6) is 0 Å². The number of furan rings is 1. The van der Waals surface area contributed by atoms with Crippen LogP contribution in [-0.2, 0) is 0 Å². The number of anilines is 1. The molecule has 3 rings (SSSR count). The Balaban J connectivity index is 1.71. The van der Waals surface area contributed by atoms with Gasteiger partial charge in [-0.3, -0.25) is 10.4 Å². The zero-order valence-corrected chi connectivity index (χ0v) is 11.8. The summed E-state index contributed by atoms with van der Waals surface area (Å²) in [6, 6.07) is 14.9. The molecule has 5 heteroatoms. The van der Waals surface area contributed by atoms with Crippen molar-refractivity contribution in [1.82, 2.24) is 4.98 Å². The van der Waals surface area contributed by atoms with E-state index in [2.05, 4.69) is 15.5 Å². The molecule has 21 heavy (non-hydrogen) atoms. The Morgan fingerprint density at radius 3 is 2.76 bits per heavy atom. The van der Waals surface area contributed by atoms with Gasteiger partial charge in [0.05, 0.1) is 11.9 Å². The van der Waals surface area contributed by atoms with Crippen LogP contribution in [0.4, 0.5) is 5.69 Å². The number of hydrazone groups is 1. The molecule has 1 aromatic carbocycles. The molecule has 0 atom stereocenters. The van der Waals surface area contributed by atoms with Crippen molar-refractivity contribution in [3.05, 3.63) is 71.7 Å². The number of halogens is 1. The van der Waals surface area contributed by atoms with Crippen molar-refractivity contribution < 1.29 is 4.42 Å². The van der Waals surface area contributed by atoms with Crippen molar-refractivity contribution in [2.24, 2.45) is 5.10 Å². The van der Waals surface area contributed by atoms with Crippen molar-refractivity contribution in [3.8, 4) is 11.3 Å². The smallest absolute Gasteiger partial charge is 0.147 e. The summed E-state index contributed by atoms with van der Waals surface area (Å²) < 4.78 is 5.70. The van der Waals surface area contributed by atoms with Gasteiger partial charge in [0, 0.05) is 23.0 Å². The Morgan fingerprint density at radius 1 is 1.10 bits per heavy atom. The first kappa shape index (κ1) is 13.4. The molecule has 2 aromatic heterocycles. The van der Waals surface area contributed by atoms with Crippen molar-refractivity contribution in [3.63, 3.8) is 0 Å². The van der Waals surface area contributed by atoms with Gasteiger partial charge in [0.1, 0.15) is 11.5 Å². The van der Waals surface area contributed by atoms with Gasteiger partial charge >= 0.3 is 0 Å². The van der Waals surface area contributed by atoms with Gasteiger partial charge in [0.2, 0.25) is 0 Å². The molecule has 0 bridgehead atoms. The van der Waals surface area contributed by atoms with Crippen molar-refractivity contribution in [2.75, 3.05) is 5.43 Å². The zero-order chi connectivity index (χ0) is 14.5. The number of nitrogens with zero attached hydrogens (tertiary/aromatic N) is 2. The summed E-state index contributed by atoms with van der Waals surface area (Å²) in [4.78, 5) is 3.93. The fraction of sp³-hybridized carbons (Fsp3) is 0. The maximum atomic E-state index is 5.97. The maximum absolute atomic E-state index is 5.97. The van der Waals surface area contributed by atoms with Crippen molar-refractivity contribution in [2.45, 2.75) is 0 Å². The molecule has 4 nitrogen and oxygen atoms in total. The predicted octanol–water partition coefficient (Wildman–Crippen LogP) is 4.44. The SMILES string of the molecule is Clc1cccc(-c2ccc(/C=N/Nc3ccncc3)o2)c1. The molecule has 0 amide bonds. The lowest BCUT2D eigenvalue weighted by molar-refractivity contribution is 0.575. The molecule has 104 valence electrons. The second-order valence-corrected chi connectivity index (χ2v) is 4.75. The number of pyridine rings is 1. The van der Waals surface area contributed by atoms with Gasteiger partial charge in [0.15, 0.2) is 0 Å². The second kappa shape index (κ2) is 6.24. The lowest BCUT2D eigenvalue weighted by atomic mass is 10.2. The second-order valence-electron chi connectivity index (χ2n) is 4.32. The van der Waals surface area contributed by atoms with Gasteiger partial charge in [-0.2, -0.15) is 5.10 Å². The van der Waals surface area contributed by atoms with E-state index in [1.54, 1.807) is 18.6 Å². The first-order chi connectivity index (χ1) is 10.3. The van der Waals surface area contributed by atoms with Crippen molar-refractivity contribution in [1.29, 1.82) is 0 Å². The maximum Gasteiger partial charge on any atom is 0.147 e. The van der Waals surface area contributed by atoms with Gasteiger partial charge in [-0.25, -0.2) is 0 Å². The van der Waals surface area contributed by atoms with E-state index in [1.807, 2.05) is 48.5 Å². The third-order valence-corrected chi connectivity index (χ3v) is 3.04. The number of rotatable bonds is 4. The van der Waals surface area contributed by atoms with E-state index in [0.717, 1.165) is 17.0 Å². The van der Waals surface area contributed by atoms with Crippen LogP contribution in [0.2, 0.25) is 5.02 Å². The number of nitrogens with one attached hydrogen (secondary N) is 1. The molecule has 0 spiro atoms. The van der Waals surface area contributed by atoms with Crippen LogP contribution in [0.3, 0.4) is 0 Å². The Morgan fingerprint density at radius 2 is 1.95 bits per heavy atom. The summed E-state index contributed by atoms with van der Waals surface area (Å²) in [5.74, 6) is 1.41. The first-order valence-corrected chi connectivity index (χ1v) is 6.74. The average Bonchev–Trinajstić information content (AvgIpc) is 2.97. The number of benzene rings is 1. The van der Waals surface area contributed by atoms with Gasteiger partial charge in [-0.1, -0.05) is 23.7 Å². The zero-order valence-electron chi connectivity index (χ0n) is 11.0. The minimum absolute atomic E-state index is 0.659. The van der Waals surface area contributed by atoms with Gasteiger partial charge in [-0.15, -0.1) is 0 Å². The van der Waals surface area contributed by atoms with E-state index in [-0.39, 0.29) is 0 Å². The molecule has 2 heterocycles. The minimum atomic E-state index is 0.659. The molecular weight excluding hydrogens is 286 g/mol. The normalized spacial score (nSPS) is 10.9. The van der Waals surface area contributed by atoms with E-state index < -0.39 is 0 Å². The molecule has 0 saturated carbocycles. The average molecular weight is 298 g/mol. The molecule has 0 unspecified atom stereocenters. The molecule has 0 saturated heterocycles. The van der Waals surface area contributed by atoms with Crippen LogP contribution in [-0.4, -0.2) is 11.2 Å². The predicted molar refractivity (Wildman–Crippen MR) is 84.6 cm³/mol. The lowest BCUT2D eigenvalue weighted by Gasteiger charge is -1.98. The van der Waals surface area contributed by atoms with Gasteiger partial charge < -0.3 is 4.42 Å². The summed E-state index contributed by atoms with van der Waals surface area (Å²) in [6.07, 6.45) is 5.01. The standard InChI is InChI=1S/C16H12ClN3O/c17-13-3-1-2-12(10-13)16-5-4-15(21-16)11-19-20-14-6-8-18-9-7-14/h1-11H,(H,18,20)/b19-11+. The highest BCUT2D eigenvalue weighted by Crippen LogP contribution is 2.24. The number of hydrogen-bond acceptors (Lipinski definition) is 4. The van der Waals surface area contributed by atoms with E-state index >= 15 is 0 Å². The molecule has 0 aliphatic rings. The van der Waals surface area contributed by atoms with E-state index in [1.165, 1.54) is 0 Å². The Labute approximate surface area is 127 Å². The minimum Gasteiger partial charge on any atom is -0.455 e. The van der Waals surface area contributed by atoms with Crippen LogP contribution in [0, 0.1) is 0 Å². The van der Waals surface area contributed by atoms with E-state index in [0.29, 0.717) is 10.8 Å². The molecule has 0 radical (unpaired) electrons. The summed E-state index contributed by atoms with van der Waals surface area (Å²) in [7, 11) is 0. The third-order valence-electron chi connectivity index (χ3n) is 2.80. The van der Waals surface area contributed by atoms with Crippen LogP contribution < -0.4 is 5.43 Å². The quantitative estimate of drug-likeness (QED) is 0.572. The molecule has 3 aromatic rings. The molecule has 0 aliphatic carbocycles. The molecular formula is C16H12ClN3O. The summed E-state index contributed by atoms with van der Waals surface area (Å²) in [6.45, 7) is 0. The van der Waals surface area contributed by atoms with Crippen LogP contribution in [0.15, 0.2) is 70.4 Å². The highest BCUT2D eigenvalue weighted by molar-refractivity contribution is 6.30. The lowest BCUT2D eigenvalue weighted by Crippen LogP contribution is -1.89. The Bertz CT molecular complexity index is 753. The van der Waals surface area contributed by atoms with E-state index in [4.69, 9.17) is 16.0 Å². The largest absolute Gasteiger partial charge is 0.455 e. The number of aromatic nitrogens is 1.